The van der Waals surface area contributed by atoms with Gasteiger partial charge in [-0.2, -0.15) is 0 Å². The smallest absolute Gasteiger partial charge is 0.217 e. The van der Waals surface area contributed by atoms with Gasteiger partial charge >= 0.3 is 0 Å². The topological polar surface area (TPSA) is 91.2 Å². The maximum Gasteiger partial charge on any atom is 0.217 e. The molecule has 0 spiro atoms. The zero-order valence-electron chi connectivity index (χ0n) is 44.9. The minimum Gasteiger partial charge on any atom is -0.481 e. The van der Waals surface area contributed by atoms with Crippen molar-refractivity contribution in [2.45, 2.75) is 100 Å². The van der Waals surface area contributed by atoms with Gasteiger partial charge in [-0.25, -0.2) is 18.7 Å². The molecule has 4 unspecified atom stereocenters. The summed E-state index contributed by atoms with van der Waals surface area (Å²) < 4.78 is 40.9. The number of methoxy groups -OCH3 is 2. The summed E-state index contributed by atoms with van der Waals surface area (Å²) in [4.78, 5) is 14.7. The molecular weight excluding hydrogens is 1110 g/mol. The molecule has 408 valence electrons. The first-order chi connectivity index (χ1) is 37.9. The fourth-order valence-electron chi connectivity index (χ4n) is 11.8. The van der Waals surface area contributed by atoms with Crippen LogP contribution in [0.2, 0.25) is 0 Å². The number of benzene rings is 6. The Kier molecular flexibility index (Phi) is 19.8. The van der Waals surface area contributed by atoms with Gasteiger partial charge in [-0.15, -0.1) is 0 Å². The number of pyridine rings is 2. The Morgan fingerprint density at radius 2 is 0.859 bits per heavy atom. The van der Waals surface area contributed by atoms with Crippen LogP contribution in [0.3, 0.4) is 0 Å². The van der Waals surface area contributed by atoms with Crippen molar-refractivity contribution < 1.29 is 28.5 Å². The monoisotopic (exact) mass is 1180 g/mol. The molecule has 0 saturated carbocycles. The summed E-state index contributed by atoms with van der Waals surface area (Å²) in [6.07, 6.45) is 10.9. The highest BCUT2D eigenvalue weighted by Crippen LogP contribution is 2.46. The Bertz CT molecular complexity index is 2970. The Balaban J connectivity index is 0.000000190. The van der Waals surface area contributed by atoms with Gasteiger partial charge in [-0.3, -0.25) is 0 Å². The van der Waals surface area contributed by atoms with Crippen molar-refractivity contribution in [1.29, 1.82) is 0 Å². The average Bonchev–Trinajstić information content (AvgIpc) is 3.50. The van der Waals surface area contributed by atoms with Crippen LogP contribution in [0.15, 0.2) is 167 Å². The number of nitrogens with zero attached hydrogens (tertiary/aromatic N) is 4. The third-order valence-electron chi connectivity index (χ3n) is 16.0. The lowest BCUT2D eigenvalue weighted by Crippen LogP contribution is -2.42. The molecule has 2 N–H and O–H groups in total. The van der Waals surface area contributed by atoms with Gasteiger partial charge in [0.15, 0.2) is 0 Å². The molecule has 0 amide bonds. The van der Waals surface area contributed by atoms with Gasteiger partial charge in [-0.05, 0) is 185 Å². The molecule has 0 aliphatic carbocycles. The van der Waals surface area contributed by atoms with E-state index in [0.717, 1.165) is 103 Å². The highest BCUT2D eigenvalue weighted by atomic mass is 79.9. The van der Waals surface area contributed by atoms with Crippen molar-refractivity contribution in [2.75, 3.05) is 53.5 Å². The number of rotatable bonds is 20. The fourth-order valence-corrected chi connectivity index (χ4v) is 12.6. The van der Waals surface area contributed by atoms with Crippen molar-refractivity contribution >= 4 is 53.7 Å². The molecule has 2 fully saturated rings. The van der Waals surface area contributed by atoms with Gasteiger partial charge < -0.3 is 29.5 Å². The van der Waals surface area contributed by atoms with Crippen LogP contribution in [0.1, 0.15) is 109 Å². The van der Waals surface area contributed by atoms with Crippen LogP contribution in [-0.2, 0) is 12.8 Å². The zero-order chi connectivity index (χ0) is 54.5. The van der Waals surface area contributed by atoms with E-state index < -0.39 is 11.2 Å². The second-order valence-corrected chi connectivity index (χ2v) is 23.1. The minimum absolute atomic E-state index is 0.251. The Labute approximate surface area is 476 Å². The van der Waals surface area contributed by atoms with E-state index in [1.165, 1.54) is 62.8 Å². The summed E-state index contributed by atoms with van der Waals surface area (Å²) in [5, 5.41) is 27.5. The number of likely N-dealkylation sites (tertiary alicyclic amines) is 2. The summed E-state index contributed by atoms with van der Waals surface area (Å²) in [5.74, 6) is -0.183. The molecule has 0 bridgehead atoms. The van der Waals surface area contributed by atoms with Crippen molar-refractivity contribution in [2.24, 2.45) is 0 Å². The molecule has 2 saturated heterocycles. The summed E-state index contributed by atoms with van der Waals surface area (Å²) in [5.41, 5.74) is 5.29. The van der Waals surface area contributed by atoms with E-state index in [4.69, 9.17) is 19.4 Å². The summed E-state index contributed by atoms with van der Waals surface area (Å²) >= 11 is 7.20. The maximum atomic E-state index is 13.6. The Morgan fingerprint density at radius 1 is 0.487 bits per heavy atom. The van der Waals surface area contributed by atoms with Gasteiger partial charge in [-0.1, -0.05) is 130 Å². The van der Waals surface area contributed by atoms with Gasteiger partial charge in [0.2, 0.25) is 11.8 Å². The minimum atomic E-state index is -1.10. The highest BCUT2D eigenvalue weighted by Gasteiger charge is 2.42. The van der Waals surface area contributed by atoms with E-state index in [0.29, 0.717) is 50.3 Å². The quantitative estimate of drug-likeness (QED) is 0.0780. The first-order valence-corrected chi connectivity index (χ1v) is 29.3. The van der Waals surface area contributed by atoms with Crippen LogP contribution in [0.25, 0.3) is 21.8 Å². The van der Waals surface area contributed by atoms with E-state index in [1.807, 2.05) is 84.9 Å². The molecule has 2 aromatic heterocycles. The predicted octanol–water partition coefficient (Wildman–Crippen LogP) is 15.0. The SMILES string of the molecule is COc1nc2ccc(Br)cc2cc1C(c1ccccc1)C(O)(CCc1ccc(F)cc1)CCN1CCCCC1.COc1nc2ccc(Br)cc2cc1C(c1ccccc1)C(O)(CCc1ccc(F)cc1)CCN1CCCCC1. The second kappa shape index (κ2) is 27.0. The fraction of sp³-hybridized carbons (Fsp3) is 0.364. The summed E-state index contributed by atoms with van der Waals surface area (Å²) in [7, 11) is 3.29. The van der Waals surface area contributed by atoms with Crippen molar-refractivity contribution in [3.8, 4) is 11.8 Å². The number of halogens is 4. The molecule has 78 heavy (non-hydrogen) atoms. The van der Waals surface area contributed by atoms with E-state index in [1.54, 1.807) is 14.2 Å². The molecule has 12 heteroatoms. The number of aryl methyl sites for hydroxylation is 2. The Morgan fingerprint density at radius 3 is 1.22 bits per heavy atom. The average molecular weight is 1180 g/mol. The number of ether oxygens (including phenoxy) is 2. The van der Waals surface area contributed by atoms with E-state index >= 15 is 0 Å². The predicted molar refractivity (Wildman–Crippen MR) is 318 cm³/mol. The van der Waals surface area contributed by atoms with Crippen molar-refractivity contribution in [3.05, 3.63) is 212 Å². The van der Waals surface area contributed by atoms with Crippen molar-refractivity contribution in [3.63, 3.8) is 0 Å². The maximum absolute atomic E-state index is 13.6. The Hall–Kier alpha value is -5.60. The number of piperidine rings is 2. The molecule has 8 nitrogen and oxygen atoms in total. The van der Waals surface area contributed by atoms with Crippen LogP contribution in [0.5, 0.6) is 11.8 Å². The largest absolute Gasteiger partial charge is 0.481 e. The lowest BCUT2D eigenvalue weighted by atomic mass is 9.72. The second-order valence-electron chi connectivity index (χ2n) is 21.3. The molecule has 2 aliphatic rings. The lowest BCUT2D eigenvalue weighted by molar-refractivity contribution is -0.00410. The molecule has 10 rings (SSSR count). The van der Waals surface area contributed by atoms with Crippen LogP contribution in [0.4, 0.5) is 8.78 Å². The van der Waals surface area contributed by atoms with Gasteiger partial charge in [0.1, 0.15) is 11.6 Å². The normalized spacial score (nSPS) is 16.6. The van der Waals surface area contributed by atoms with Crippen molar-refractivity contribution in [1.82, 2.24) is 19.8 Å². The van der Waals surface area contributed by atoms with Crippen LogP contribution in [0, 0.1) is 11.6 Å². The van der Waals surface area contributed by atoms with Gasteiger partial charge in [0, 0.05) is 55.8 Å². The number of hydrogen-bond donors (Lipinski definition) is 2. The number of aliphatic hydroxyl groups is 2. The van der Waals surface area contributed by atoms with Gasteiger partial charge in [0.25, 0.3) is 0 Å². The number of fused-ring (bicyclic) bond motifs is 2. The van der Waals surface area contributed by atoms with Crippen LogP contribution >= 0.6 is 31.9 Å². The zero-order valence-corrected chi connectivity index (χ0v) is 48.1. The number of aromatic nitrogens is 2. The third kappa shape index (κ3) is 14.6. The lowest BCUT2D eigenvalue weighted by Gasteiger charge is -2.40. The molecule has 4 heterocycles. The molecule has 0 radical (unpaired) electrons. The first-order valence-electron chi connectivity index (χ1n) is 27.7. The van der Waals surface area contributed by atoms with Crippen LogP contribution in [-0.4, -0.2) is 94.7 Å². The van der Waals surface area contributed by atoms with E-state index in [2.05, 4.69) is 90.2 Å². The summed E-state index contributed by atoms with van der Waals surface area (Å²) in [6.45, 7) is 5.91. The van der Waals surface area contributed by atoms with E-state index in [9.17, 15) is 19.0 Å². The molecule has 6 aromatic carbocycles. The standard InChI is InChI=1S/2C33H36BrFN2O2/c2*1-39-32-29(23-26-22-27(34)12-15-30(26)36-32)31(25-8-4-2-5-9-25)33(38,18-21-37-19-6-3-7-20-37)17-16-24-10-13-28(35)14-11-24/h2*2,4-5,8-15,22-23,31,38H,3,6-7,16-21H2,1H3. The third-order valence-corrected chi connectivity index (χ3v) is 17.0. The van der Waals surface area contributed by atoms with Crippen LogP contribution < -0.4 is 9.47 Å². The summed E-state index contributed by atoms with van der Waals surface area (Å²) in [6, 6.07) is 49.9. The molecular formula is C66H72Br2F2N4O4. The highest BCUT2D eigenvalue weighted by molar-refractivity contribution is 9.10. The molecule has 2 aliphatic heterocycles. The first kappa shape index (κ1) is 57.1. The number of hydrogen-bond acceptors (Lipinski definition) is 8. The van der Waals surface area contributed by atoms with Gasteiger partial charge in [0.05, 0.1) is 36.5 Å². The molecule has 4 atom stereocenters. The van der Waals surface area contributed by atoms with E-state index in [-0.39, 0.29) is 23.5 Å². The molecule has 8 aromatic rings.